The number of methoxy groups -OCH3 is 2. The molecule has 3 aromatic rings. The summed E-state index contributed by atoms with van der Waals surface area (Å²) in [6.07, 6.45) is 0.877. The Morgan fingerprint density at radius 3 is 2.53 bits per heavy atom. The number of hydrogen-bond donors (Lipinski definition) is 0. The van der Waals surface area contributed by atoms with Crippen LogP contribution < -0.4 is 9.64 Å². The standard InChI is InChI=1S/C25H35N3O2/c1-8-20-25(27(12-13-29-6)16-17(2)3)22-11-9-10-21(28(22)26-20)24-19(5)14-18(4)15-23(24)30-7/h9-11,14-15,17H,8,12-13,16H2,1-7H3. The van der Waals surface area contributed by atoms with Crippen molar-refractivity contribution >= 4 is 11.2 Å². The highest BCUT2D eigenvalue weighted by molar-refractivity contribution is 5.81. The molecule has 0 aliphatic heterocycles. The summed E-state index contributed by atoms with van der Waals surface area (Å²) < 4.78 is 13.3. The largest absolute Gasteiger partial charge is 0.496 e. The number of nitrogens with zero attached hydrogens (tertiary/aromatic N) is 3. The van der Waals surface area contributed by atoms with Gasteiger partial charge in [0.25, 0.3) is 0 Å². The molecule has 30 heavy (non-hydrogen) atoms. The quantitative estimate of drug-likeness (QED) is 0.481. The fourth-order valence-electron chi connectivity index (χ4n) is 4.23. The van der Waals surface area contributed by atoms with E-state index >= 15 is 0 Å². The van der Waals surface area contributed by atoms with Crippen LogP contribution in [0.25, 0.3) is 16.8 Å². The van der Waals surface area contributed by atoms with E-state index in [1.54, 1.807) is 14.2 Å². The van der Waals surface area contributed by atoms with Crippen LogP contribution in [0.15, 0.2) is 30.3 Å². The van der Waals surface area contributed by atoms with Crippen molar-refractivity contribution in [2.75, 3.05) is 38.8 Å². The van der Waals surface area contributed by atoms with Crippen LogP contribution in [-0.4, -0.2) is 43.5 Å². The zero-order valence-corrected chi connectivity index (χ0v) is 19.5. The summed E-state index contributed by atoms with van der Waals surface area (Å²) in [7, 11) is 3.49. The minimum absolute atomic E-state index is 0.545. The number of pyridine rings is 1. The predicted molar refractivity (Wildman–Crippen MR) is 125 cm³/mol. The lowest BCUT2D eigenvalue weighted by Crippen LogP contribution is -2.31. The van der Waals surface area contributed by atoms with Crippen LogP contribution in [0.1, 0.15) is 37.6 Å². The molecule has 0 saturated heterocycles. The van der Waals surface area contributed by atoms with E-state index in [1.165, 1.54) is 16.8 Å². The van der Waals surface area contributed by atoms with E-state index in [4.69, 9.17) is 14.6 Å². The first-order valence-corrected chi connectivity index (χ1v) is 10.8. The zero-order chi connectivity index (χ0) is 21.8. The summed E-state index contributed by atoms with van der Waals surface area (Å²) in [6.45, 7) is 13.4. The zero-order valence-electron chi connectivity index (χ0n) is 19.5. The minimum Gasteiger partial charge on any atom is -0.496 e. The first kappa shape index (κ1) is 22.2. The molecule has 3 rings (SSSR count). The molecule has 5 heteroatoms. The smallest absolute Gasteiger partial charge is 0.128 e. The van der Waals surface area contributed by atoms with E-state index in [2.05, 4.69) is 74.4 Å². The molecular formula is C25H35N3O2. The molecule has 2 aromatic heterocycles. The van der Waals surface area contributed by atoms with Gasteiger partial charge in [0.1, 0.15) is 5.75 Å². The molecule has 0 aliphatic carbocycles. The van der Waals surface area contributed by atoms with E-state index in [-0.39, 0.29) is 0 Å². The Balaban J connectivity index is 2.25. The molecule has 0 unspecified atom stereocenters. The number of hydrogen-bond acceptors (Lipinski definition) is 4. The highest BCUT2D eigenvalue weighted by Crippen LogP contribution is 2.37. The van der Waals surface area contributed by atoms with Crippen LogP contribution in [0, 0.1) is 19.8 Å². The van der Waals surface area contributed by atoms with Gasteiger partial charge in [-0.2, -0.15) is 5.10 Å². The summed E-state index contributed by atoms with van der Waals surface area (Å²) in [4.78, 5) is 2.43. The maximum absolute atomic E-state index is 5.76. The van der Waals surface area contributed by atoms with Crippen LogP contribution in [0.4, 0.5) is 5.69 Å². The summed E-state index contributed by atoms with van der Waals surface area (Å²) in [5, 5.41) is 5.06. The Bertz CT molecular complexity index is 1010. The van der Waals surface area contributed by atoms with Crippen molar-refractivity contribution in [3.63, 3.8) is 0 Å². The van der Waals surface area contributed by atoms with Gasteiger partial charge in [-0.3, -0.25) is 0 Å². The van der Waals surface area contributed by atoms with Gasteiger partial charge in [0.05, 0.1) is 36.3 Å². The molecule has 0 aliphatic rings. The number of rotatable bonds is 9. The maximum atomic E-state index is 5.76. The van der Waals surface area contributed by atoms with Crippen molar-refractivity contribution < 1.29 is 9.47 Å². The molecule has 5 nitrogen and oxygen atoms in total. The first-order chi connectivity index (χ1) is 14.4. The molecule has 2 heterocycles. The number of fused-ring (bicyclic) bond motifs is 1. The third-order valence-electron chi connectivity index (χ3n) is 5.42. The van der Waals surface area contributed by atoms with Crippen LogP contribution in [-0.2, 0) is 11.2 Å². The lowest BCUT2D eigenvalue weighted by atomic mass is 10.0. The molecule has 0 bridgehead atoms. The molecule has 162 valence electrons. The van der Waals surface area contributed by atoms with E-state index < -0.39 is 0 Å². The lowest BCUT2D eigenvalue weighted by molar-refractivity contribution is 0.204. The van der Waals surface area contributed by atoms with Crippen molar-refractivity contribution in [2.24, 2.45) is 5.92 Å². The van der Waals surface area contributed by atoms with Crippen molar-refractivity contribution in [3.8, 4) is 17.0 Å². The van der Waals surface area contributed by atoms with Gasteiger partial charge in [-0.25, -0.2) is 4.52 Å². The summed E-state index contributed by atoms with van der Waals surface area (Å²) >= 11 is 0. The van der Waals surface area contributed by atoms with Crippen molar-refractivity contribution in [3.05, 3.63) is 47.2 Å². The van der Waals surface area contributed by atoms with Crippen LogP contribution in [0.5, 0.6) is 5.75 Å². The SMILES string of the molecule is CCc1nn2c(-c3c(C)cc(C)cc3OC)cccc2c1N(CCOC)CC(C)C. The van der Waals surface area contributed by atoms with E-state index in [0.29, 0.717) is 12.5 Å². The number of ether oxygens (including phenoxy) is 2. The maximum Gasteiger partial charge on any atom is 0.128 e. The highest BCUT2D eigenvalue weighted by Gasteiger charge is 2.22. The molecule has 0 saturated carbocycles. The van der Waals surface area contributed by atoms with Crippen molar-refractivity contribution in [1.29, 1.82) is 0 Å². The van der Waals surface area contributed by atoms with E-state index in [1.807, 2.05) is 0 Å². The molecule has 0 atom stereocenters. The normalized spacial score (nSPS) is 11.5. The first-order valence-electron chi connectivity index (χ1n) is 10.8. The average molecular weight is 410 g/mol. The number of aromatic nitrogens is 2. The topological polar surface area (TPSA) is 39.0 Å². The van der Waals surface area contributed by atoms with E-state index in [0.717, 1.165) is 47.7 Å². The van der Waals surface area contributed by atoms with Crippen molar-refractivity contribution in [2.45, 2.75) is 41.0 Å². The second-order valence-electron chi connectivity index (χ2n) is 8.35. The van der Waals surface area contributed by atoms with Gasteiger partial charge in [0.2, 0.25) is 0 Å². The molecule has 0 spiro atoms. The van der Waals surface area contributed by atoms with Gasteiger partial charge in [0.15, 0.2) is 0 Å². The Labute approximate surface area is 180 Å². The minimum atomic E-state index is 0.545. The molecular weight excluding hydrogens is 374 g/mol. The molecule has 0 fully saturated rings. The van der Waals surface area contributed by atoms with Gasteiger partial charge >= 0.3 is 0 Å². The number of anilines is 1. The third-order valence-corrected chi connectivity index (χ3v) is 5.42. The Hall–Kier alpha value is -2.53. The summed E-state index contributed by atoms with van der Waals surface area (Å²) in [5.74, 6) is 1.43. The van der Waals surface area contributed by atoms with Crippen molar-refractivity contribution in [1.82, 2.24) is 9.61 Å². The Morgan fingerprint density at radius 2 is 1.90 bits per heavy atom. The van der Waals surface area contributed by atoms with Crippen LogP contribution in [0.2, 0.25) is 0 Å². The van der Waals surface area contributed by atoms with Gasteiger partial charge < -0.3 is 14.4 Å². The summed E-state index contributed by atoms with van der Waals surface area (Å²) in [5.41, 5.74) is 7.99. The fraction of sp³-hybridized carbons (Fsp3) is 0.480. The highest BCUT2D eigenvalue weighted by atomic mass is 16.5. The second-order valence-corrected chi connectivity index (χ2v) is 8.35. The van der Waals surface area contributed by atoms with Crippen LogP contribution >= 0.6 is 0 Å². The fourth-order valence-corrected chi connectivity index (χ4v) is 4.23. The Morgan fingerprint density at radius 1 is 1.13 bits per heavy atom. The van der Waals surface area contributed by atoms with E-state index in [9.17, 15) is 0 Å². The predicted octanol–water partition coefficient (Wildman–Crippen LogP) is 5.30. The summed E-state index contributed by atoms with van der Waals surface area (Å²) in [6, 6.07) is 10.7. The molecule has 0 radical (unpaired) electrons. The second kappa shape index (κ2) is 9.52. The monoisotopic (exact) mass is 409 g/mol. The van der Waals surface area contributed by atoms with Gasteiger partial charge in [-0.05, 0) is 55.5 Å². The van der Waals surface area contributed by atoms with Gasteiger partial charge in [0, 0.05) is 25.8 Å². The molecule has 1 aromatic carbocycles. The van der Waals surface area contributed by atoms with Gasteiger partial charge in [-0.15, -0.1) is 0 Å². The van der Waals surface area contributed by atoms with Gasteiger partial charge in [-0.1, -0.05) is 32.9 Å². The Kier molecular flexibility index (Phi) is 7.03. The van der Waals surface area contributed by atoms with Crippen LogP contribution in [0.3, 0.4) is 0 Å². The molecule has 0 N–H and O–H groups in total. The lowest BCUT2D eigenvalue weighted by Gasteiger charge is -2.26. The number of benzene rings is 1. The average Bonchev–Trinajstić information content (AvgIpc) is 3.09. The number of aryl methyl sites for hydroxylation is 3. The third kappa shape index (κ3) is 4.31. The molecule has 0 amide bonds.